The van der Waals surface area contributed by atoms with Crippen LogP contribution in [0, 0.1) is 17.8 Å². The molecule has 0 bridgehead atoms. The van der Waals surface area contributed by atoms with Crippen LogP contribution in [0.4, 0.5) is 0 Å². The van der Waals surface area contributed by atoms with Gasteiger partial charge in [0.15, 0.2) is 0 Å². The van der Waals surface area contributed by atoms with Crippen LogP contribution in [0.25, 0.3) is 0 Å². The van der Waals surface area contributed by atoms with Crippen molar-refractivity contribution >= 4 is 15.9 Å². The molecule has 0 heterocycles. The Hall–Kier alpha value is -1.50. The normalized spacial score (nSPS) is 19.7. The van der Waals surface area contributed by atoms with Crippen LogP contribution in [0.15, 0.2) is 0 Å². The fourth-order valence-corrected chi connectivity index (χ4v) is 5.31. The van der Waals surface area contributed by atoms with Crippen molar-refractivity contribution in [2.75, 3.05) is 59.2 Å². The Kier molecular flexibility index (Phi) is 42.0. The molecule has 0 aliphatic heterocycles. The van der Waals surface area contributed by atoms with Gasteiger partial charge < -0.3 is 118 Å². The second-order valence-electron chi connectivity index (χ2n) is 17.5. The quantitative estimate of drug-likeness (QED) is 0.0307. The number of rotatable bonds is 31. The van der Waals surface area contributed by atoms with Crippen molar-refractivity contribution in [3.05, 3.63) is 0 Å². The first-order chi connectivity index (χ1) is 31.1. The highest BCUT2D eigenvalue weighted by molar-refractivity contribution is 7.90. The van der Waals surface area contributed by atoms with E-state index in [2.05, 4.69) is 20.7 Å². The Bertz CT molecular complexity index is 1330. The molecule has 0 saturated heterocycles. The lowest BCUT2D eigenvalue weighted by Gasteiger charge is -2.27. The number of sulfonamides is 1. The molecule has 68 heavy (non-hydrogen) atoms. The van der Waals surface area contributed by atoms with Gasteiger partial charge in [-0.2, -0.15) is 0 Å². The van der Waals surface area contributed by atoms with Gasteiger partial charge in [0.2, 0.25) is 15.9 Å². The summed E-state index contributed by atoms with van der Waals surface area (Å²) in [6.45, 7) is 13.5. The molecule has 0 aromatic heterocycles. The Morgan fingerprint density at radius 2 is 0.706 bits per heavy atom. The lowest BCUT2D eigenvalue weighted by Crippen LogP contribution is -2.50. The summed E-state index contributed by atoms with van der Waals surface area (Å²) in [6.07, 6.45) is -24.4. The molecule has 28 heteroatoms. The van der Waals surface area contributed by atoms with Crippen molar-refractivity contribution in [1.82, 2.24) is 20.7 Å². The van der Waals surface area contributed by atoms with Crippen molar-refractivity contribution in [3.63, 3.8) is 0 Å². The molecule has 0 aliphatic rings. The van der Waals surface area contributed by atoms with E-state index in [1.807, 2.05) is 34.6 Å². The molecule has 0 fully saturated rings. The van der Waals surface area contributed by atoms with Gasteiger partial charge in [0.25, 0.3) is 0 Å². The highest BCUT2D eigenvalue weighted by Gasteiger charge is 2.33. The summed E-state index contributed by atoms with van der Waals surface area (Å²) < 4.78 is 24.8. The van der Waals surface area contributed by atoms with Crippen molar-refractivity contribution in [2.24, 2.45) is 17.8 Å². The molecular formula is C40H90N4O23S. The summed E-state index contributed by atoms with van der Waals surface area (Å²) in [4.78, 5) is 11.2. The van der Waals surface area contributed by atoms with Crippen LogP contribution in [0.5, 0.6) is 0 Å². The van der Waals surface area contributed by atoms with Crippen LogP contribution in [0.1, 0.15) is 62.3 Å². The fraction of sp³-hybridized carbons (Fsp3) is 0.975. The molecule has 0 spiro atoms. The number of carbonyl (C=O) groups is 1. The predicted octanol–water partition coefficient (Wildman–Crippen LogP) is -10.3. The number of aliphatic hydroxyl groups excluding tert-OH is 20. The highest BCUT2D eigenvalue weighted by atomic mass is 32.2. The number of hydrogen-bond donors (Lipinski definition) is 24. The first-order valence-electron chi connectivity index (χ1n) is 22.2. The van der Waals surface area contributed by atoms with E-state index in [0.29, 0.717) is 18.4 Å². The van der Waals surface area contributed by atoms with E-state index in [4.69, 9.17) is 40.9 Å². The van der Waals surface area contributed by atoms with Gasteiger partial charge in [-0.05, 0) is 39.2 Å². The van der Waals surface area contributed by atoms with E-state index in [0.717, 1.165) is 0 Å². The average molecular weight is 1030 g/mol. The summed E-state index contributed by atoms with van der Waals surface area (Å²) in [5.74, 6) is 0.241. The monoisotopic (exact) mass is 1030 g/mol. The second-order valence-corrected chi connectivity index (χ2v) is 19.9. The molecule has 0 aliphatic carbocycles. The fourth-order valence-electron chi connectivity index (χ4n) is 4.58. The van der Waals surface area contributed by atoms with Gasteiger partial charge in [0.1, 0.15) is 73.2 Å². The van der Waals surface area contributed by atoms with Crippen LogP contribution in [-0.2, 0) is 14.8 Å². The average Bonchev–Trinajstić information content (AvgIpc) is 3.30. The van der Waals surface area contributed by atoms with Crippen molar-refractivity contribution < 1.29 is 115 Å². The second kappa shape index (κ2) is 39.1. The number of nitrogens with one attached hydrogen (secondary N) is 4. The molecular weight excluding hydrogens is 937 g/mol. The molecule has 24 N–H and O–H groups in total. The lowest BCUT2D eigenvalue weighted by molar-refractivity contribution is -0.128. The summed E-state index contributed by atoms with van der Waals surface area (Å²) in [5.41, 5.74) is 0. The van der Waals surface area contributed by atoms with Gasteiger partial charge >= 0.3 is 0 Å². The zero-order valence-corrected chi connectivity index (χ0v) is 41.4. The van der Waals surface area contributed by atoms with Crippen LogP contribution >= 0.6 is 0 Å². The van der Waals surface area contributed by atoms with Gasteiger partial charge in [-0.25, -0.2) is 13.1 Å². The topological polar surface area (TPSA) is 504 Å². The van der Waals surface area contributed by atoms with Gasteiger partial charge in [0, 0.05) is 38.1 Å². The van der Waals surface area contributed by atoms with Gasteiger partial charge in [-0.1, -0.05) is 41.5 Å². The number of carbonyl (C=O) groups excluding carboxylic acids is 1. The first kappa shape index (κ1) is 73.0. The Labute approximate surface area is 399 Å². The van der Waals surface area contributed by atoms with E-state index < -0.39 is 146 Å². The Balaban J connectivity index is -0.000000402. The summed E-state index contributed by atoms with van der Waals surface area (Å²) >= 11 is 0. The van der Waals surface area contributed by atoms with Crippen molar-refractivity contribution in [1.29, 1.82) is 0 Å². The molecule has 0 saturated carbocycles. The first-order valence-corrected chi connectivity index (χ1v) is 23.7. The van der Waals surface area contributed by atoms with Gasteiger partial charge in [0.05, 0.1) is 56.1 Å². The van der Waals surface area contributed by atoms with E-state index in [-0.39, 0.29) is 37.5 Å². The molecule has 0 aromatic rings. The van der Waals surface area contributed by atoms with Crippen LogP contribution in [-0.4, -0.2) is 285 Å². The van der Waals surface area contributed by atoms with Crippen LogP contribution in [0.3, 0.4) is 0 Å². The van der Waals surface area contributed by atoms with E-state index in [1.165, 1.54) is 13.8 Å². The summed E-state index contributed by atoms with van der Waals surface area (Å²) in [6, 6.07) is 0.164. The summed E-state index contributed by atoms with van der Waals surface area (Å²) in [7, 11) is -3.59. The third kappa shape index (κ3) is 31.8. The van der Waals surface area contributed by atoms with E-state index >= 15 is 0 Å². The maximum Gasteiger partial charge on any atom is 0.222 e. The predicted molar refractivity (Wildman–Crippen MR) is 244 cm³/mol. The zero-order valence-electron chi connectivity index (χ0n) is 40.6. The molecule has 0 radical (unpaired) electrons. The molecule has 1 unspecified atom stereocenters. The Morgan fingerprint density at radius 3 is 0.985 bits per heavy atom. The third-order valence-corrected chi connectivity index (χ3v) is 11.8. The standard InChI is InChI=1S/C11H25NO5.C10H21NO6.C10H23NO5.C9H21NO7S/c1-6(2)7(3)12-4-8(14)10(16)11(17)9(15)5-13;1-5(2)10(17)11-3-6(13)8(15)9(16)7(14)4-12;1-6(2)3-11-4-7(13)9(15)10(16)8(14)5-12;1-5(2)18(16,17)10-3-6(12)8(14)9(15)7(13)4-11/h6-17H,4-5H2,1-3H3;5-9,12-16H,3-4H2,1-2H3,(H,11,17);6-16H,3-5H2,1-2H3;5-15H,3-4H2,1-2H3/t7?,8-,9+,10+,11+;6-,7+,8+,9+;7-,8+,9+,10+;6-,7+,8+,9+/m0000/s1. The minimum Gasteiger partial charge on any atom is -0.394 e. The van der Waals surface area contributed by atoms with Crippen molar-refractivity contribution in [3.8, 4) is 0 Å². The third-order valence-electron chi connectivity index (χ3n) is 9.98. The number of amides is 1. The van der Waals surface area contributed by atoms with E-state index in [1.54, 1.807) is 13.8 Å². The minimum atomic E-state index is -3.59. The molecule has 414 valence electrons. The minimum absolute atomic E-state index is 0.107. The Morgan fingerprint density at radius 1 is 0.412 bits per heavy atom. The largest absolute Gasteiger partial charge is 0.394 e. The molecule has 17 atom stereocenters. The SMILES string of the molecule is CC(C)C(=O)NC[C@H](O)[C@@H](O)[C@H](O)[C@H](O)CO.CC(C)C(C)NC[C@H](O)[C@@H](O)[C@H](O)[C@H](O)CO.CC(C)CNC[C@H](O)[C@@H](O)[C@H](O)[C@H](O)CO.CC(C)S(=O)(=O)NC[C@H](O)[C@@H](O)[C@H](O)[C@H](O)CO. The summed E-state index contributed by atoms with van der Waals surface area (Å²) in [5, 5.41) is 191. The zero-order chi connectivity index (χ0) is 54.4. The van der Waals surface area contributed by atoms with E-state index in [9.17, 15) is 74.5 Å². The molecule has 0 aromatic carbocycles. The van der Waals surface area contributed by atoms with Crippen LogP contribution in [0.2, 0.25) is 0 Å². The number of aliphatic hydroxyl groups is 20. The lowest BCUT2D eigenvalue weighted by atomic mass is 10.0. The molecule has 0 rings (SSSR count). The van der Waals surface area contributed by atoms with Crippen molar-refractivity contribution in [2.45, 2.75) is 171 Å². The number of hydrogen-bond acceptors (Lipinski definition) is 25. The maximum absolute atomic E-state index is 11.4. The van der Waals surface area contributed by atoms with Gasteiger partial charge in [-0.15, -0.1) is 0 Å². The smallest absolute Gasteiger partial charge is 0.222 e. The maximum atomic E-state index is 11.4. The van der Waals surface area contributed by atoms with Crippen LogP contribution < -0.4 is 20.7 Å². The highest BCUT2D eigenvalue weighted by Crippen LogP contribution is 2.09. The van der Waals surface area contributed by atoms with Gasteiger partial charge in [-0.3, -0.25) is 4.79 Å². The molecule has 27 nitrogen and oxygen atoms in total. The molecule has 1 amide bonds.